The van der Waals surface area contributed by atoms with E-state index in [0.717, 1.165) is 49.7 Å². The van der Waals surface area contributed by atoms with Crippen molar-refractivity contribution in [1.29, 1.82) is 0 Å². The van der Waals surface area contributed by atoms with E-state index in [1.54, 1.807) is 12.1 Å². The zero-order chi connectivity index (χ0) is 20.2. The molecule has 0 aliphatic carbocycles. The molecule has 4 nitrogen and oxygen atoms in total. The predicted octanol–water partition coefficient (Wildman–Crippen LogP) is 4.98. The Kier molecular flexibility index (Phi) is 6.46. The Morgan fingerprint density at radius 3 is 2.29 bits per heavy atom. The molecule has 0 saturated heterocycles. The third-order valence-corrected chi connectivity index (χ3v) is 7.67. The zero-order valence-corrected chi connectivity index (χ0v) is 17.6. The van der Waals surface area contributed by atoms with Gasteiger partial charge in [0.1, 0.15) is 5.75 Å². The minimum Gasteiger partial charge on any atom is -0.508 e. The molecule has 0 spiro atoms. The molecular formula is C23H31NO3S. The van der Waals surface area contributed by atoms with Crippen LogP contribution in [0.4, 0.5) is 0 Å². The van der Waals surface area contributed by atoms with E-state index in [1.807, 2.05) is 30.3 Å². The second-order valence-electron chi connectivity index (χ2n) is 7.96. The first-order valence-corrected chi connectivity index (χ1v) is 11.9. The molecule has 1 unspecified atom stereocenters. The van der Waals surface area contributed by atoms with Crippen LogP contribution in [0.3, 0.4) is 0 Å². The first-order valence-electron chi connectivity index (χ1n) is 10.3. The molecule has 0 amide bonds. The van der Waals surface area contributed by atoms with Crippen LogP contribution >= 0.6 is 0 Å². The molecule has 1 atom stereocenters. The lowest BCUT2D eigenvalue weighted by Gasteiger charge is -2.37. The molecule has 152 valence electrons. The van der Waals surface area contributed by atoms with E-state index in [1.165, 1.54) is 6.07 Å². The molecule has 0 aromatic heterocycles. The van der Waals surface area contributed by atoms with Crippen LogP contribution in [0.5, 0.6) is 5.75 Å². The number of benzene rings is 2. The first-order chi connectivity index (χ1) is 13.4. The number of unbranched alkanes of at least 4 members (excludes halogenated alkanes) is 2. The average molecular weight is 402 g/mol. The Balaban J connectivity index is 2.18. The van der Waals surface area contributed by atoms with Gasteiger partial charge in [-0.2, -0.15) is 0 Å². The summed E-state index contributed by atoms with van der Waals surface area (Å²) in [6.07, 6.45) is 5.67. The van der Waals surface area contributed by atoms with Crippen molar-refractivity contribution in [2.24, 2.45) is 0 Å². The molecule has 2 aromatic carbocycles. The SMILES string of the molecule is CCCCC1(CCCC)CS(=O)(=O)c2cc(O)ccc2C(c2ccccc2)N1. The quantitative estimate of drug-likeness (QED) is 0.687. The van der Waals surface area contributed by atoms with E-state index in [-0.39, 0.29) is 22.4 Å². The molecule has 1 heterocycles. The molecule has 0 saturated carbocycles. The smallest absolute Gasteiger partial charge is 0.180 e. The lowest BCUT2D eigenvalue weighted by atomic mass is 9.86. The highest BCUT2D eigenvalue weighted by molar-refractivity contribution is 7.91. The number of nitrogens with one attached hydrogen (secondary N) is 1. The summed E-state index contributed by atoms with van der Waals surface area (Å²) in [6, 6.07) is 14.5. The Labute approximate surface area is 168 Å². The summed E-state index contributed by atoms with van der Waals surface area (Å²) in [4.78, 5) is 0.253. The van der Waals surface area contributed by atoms with Crippen LogP contribution in [-0.4, -0.2) is 24.8 Å². The second kappa shape index (κ2) is 8.66. The van der Waals surface area contributed by atoms with Gasteiger partial charge >= 0.3 is 0 Å². The van der Waals surface area contributed by atoms with E-state index in [2.05, 4.69) is 19.2 Å². The first kappa shape index (κ1) is 20.9. The van der Waals surface area contributed by atoms with Gasteiger partial charge in [-0.1, -0.05) is 75.9 Å². The van der Waals surface area contributed by atoms with Gasteiger partial charge < -0.3 is 5.11 Å². The van der Waals surface area contributed by atoms with Gasteiger partial charge in [-0.3, -0.25) is 5.32 Å². The van der Waals surface area contributed by atoms with Gasteiger partial charge in [0, 0.05) is 5.54 Å². The van der Waals surface area contributed by atoms with Crippen molar-refractivity contribution in [3.63, 3.8) is 0 Å². The molecule has 1 aliphatic rings. The van der Waals surface area contributed by atoms with Crippen molar-refractivity contribution in [2.45, 2.75) is 68.8 Å². The summed E-state index contributed by atoms with van der Waals surface area (Å²) in [5, 5.41) is 13.8. The van der Waals surface area contributed by atoms with Crippen LogP contribution in [0.25, 0.3) is 0 Å². The third-order valence-electron chi connectivity index (χ3n) is 5.71. The summed E-state index contributed by atoms with van der Waals surface area (Å²) in [7, 11) is -3.53. The Bertz CT molecular complexity index is 885. The van der Waals surface area contributed by atoms with E-state index in [0.29, 0.717) is 0 Å². The molecule has 0 fully saturated rings. The molecule has 2 aromatic rings. The summed E-state index contributed by atoms with van der Waals surface area (Å²) >= 11 is 0. The highest BCUT2D eigenvalue weighted by Gasteiger charge is 2.42. The minimum atomic E-state index is -3.53. The predicted molar refractivity (Wildman–Crippen MR) is 113 cm³/mol. The summed E-state index contributed by atoms with van der Waals surface area (Å²) in [6.45, 7) is 4.28. The van der Waals surface area contributed by atoms with Gasteiger partial charge in [0.2, 0.25) is 0 Å². The Hall–Kier alpha value is -1.85. The van der Waals surface area contributed by atoms with Crippen molar-refractivity contribution in [3.8, 4) is 5.75 Å². The normalized spacial score (nSPS) is 20.3. The van der Waals surface area contributed by atoms with Gasteiger partial charge in [-0.05, 0) is 36.1 Å². The van der Waals surface area contributed by atoms with E-state index in [9.17, 15) is 13.5 Å². The molecular weight excluding hydrogens is 370 g/mol. The van der Waals surface area contributed by atoms with Crippen LogP contribution in [-0.2, 0) is 9.84 Å². The van der Waals surface area contributed by atoms with Crippen molar-refractivity contribution in [2.75, 3.05) is 5.75 Å². The molecule has 0 bridgehead atoms. The molecule has 0 radical (unpaired) electrons. The highest BCUT2D eigenvalue weighted by atomic mass is 32.2. The largest absolute Gasteiger partial charge is 0.508 e. The van der Waals surface area contributed by atoms with Crippen molar-refractivity contribution < 1.29 is 13.5 Å². The number of aromatic hydroxyl groups is 1. The number of phenols is 1. The number of hydrogen-bond acceptors (Lipinski definition) is 4. The van der Waals surface area contributed by atoms with Crippen molar-refractivity contribution in [3.05, 3.63) is 59.7 Å². The summed E-state index contributed by atoms with van der Waals surface area (Å²) in [5.41, 5.74) is 1.29. The lowest BCUT2D eigenvalue weighted by Crippen LogP contribution is -2.50. The van der Waals surface area contributed by atoms with Gasteiger partial charge in [-0.15, -0.1) is 0 Å². The second-order valence-corrected chi connectivity index (χ2v) is 9.91. The van der Waals surface area contributed by atoms with Gasteiger partial charge in [-0.25, -0.2) is 8.42 Å². The number of fused-ring (bicyclic) bond motifs is 1. The maximum atomic E-state index is 13.4. The monoisotopic (exact) mass is 401 g/mol. The van der Waals surface area contributed by atoms with Crippen LogP contribution in [0, 0.1) is 0 Å². The average Bonchev–Trinajstić information content (AvgIpc) is 2.78. The van der Waals surface area contributed by atoms with Gasteiger partial charge in [0.05, 0.1) is 16.7 Å². The maximum absolute atomic E-state index is 13.4. The standard InChI is InChI=1S/C23H31NO3S/c1-3-5-14-23(15-6-4-2)17-28(26,27)21-16-19(25)12-13-20(21)22(24-23)18-10-8-7-9-11-18/h7-13,16,22,24-25H,3-6,14-15,17H2,1-2H3. The number of sulfone groups is 1. The molecule has 3 rings (SSSR count). The highest BCUT2D eigenvalue weighted by Crippen LogP contribution is 2.39. The van der Waals surface area contributed by atoms with Crippen LogP contribution in [0.1, 0.15) is 69.5 Å². The van der Waals surface area contributed by atoms with Crippen molar-refractivity contribution in [1.82, 2.24) is 5.32 Å². The minimum absolute atomic E-state index is 0.0104. The lowest BCUT2D eigenvalue weighted by molar-refractivity contribution is 0.278. The maximum Gasteiger partial charge on any atom is 0.180 e. The fourth-order valence-electron chi connectivity index (χ4n) is 4.25. The number of hydrogen-bond donors (Lipinski definition) is 2. The van der Waals surface area contributed by atoms with E-state index in [4.69, 9.17) is 0 Å². The third kappa shape index (κ3) is 4.41. The molecule has 2 N–H and O–H groups in total. The van der Waals surface area contributed by atoms with Crippen molar-refractivity contribution >= 4 is 9.84 Å². The number of rotatable bonds is 7. The van der Waals surface area contributed by atoms with Gasteiger partial charge in [0.25, 0.3) is 0 Å². The molecule has 5 heteroatoms. The topological polar surface area (TPSA) is 66.4 Å². The number of phenolic OH excluding ortho intramolecular Hbond substituents is 1. The van der Waals surface area contributed by atoms with E-state index < -0.39 is 15.4 Å². The molecule has 28 heavy (non-hydrogen) atoms. The van der Waals surface area contributed by atoms with Crippen LogP contribution < -0.4 is 5.32 Å². The fourth-order valence-corrected chi connectivity index (χ4v) is 6.35. The van der Waals surface area contributed by atoms with Gasteiger partial charge in [0.15, 0.2) is 9.84 Å². The Morgan fingerprint density at radius 2 is 1.68 bits per heavy atom. The zero-order valence-electron chi connectivity index (χ0n) is 16.8. The summed E-state index contributed by atoms with van der Waals surface area (Å²) in [5.74, 6) is 0.0588. The fraction of sp³-hybridized carbons (Fsp3) is 0.478. The summed E-state index contributed by atoms with van der Waals surface area (Å²) < 4.78 is 26.8. The van der Waals surface area contributed by atoms with Crippen LogP contribution in [0.15, 0.2) is 53.4 Å². The Morgan fingerprint density at radius 1 is 1.04 bits per heavy atom. The van der Waals surface area contributed by atoms with Crippen LogP contribution in [0.2, 0.25) is 0 Å². The van der Waals surface area contributed by atoms with E-state index >= 15 is 0 Å². The molecule has 1 aliphatic heterocycles.